The van der Waals surface area contributed by atoms with Crippen LogP contribution in [0.3, 0.4) is 0 Å². The Bertz CT molecular complexity index is 560. The third-order valence-electron chi connectivity index (χ3n) is 3.24. The van der Waals surface area contributed by atoms with E-state index in [0.29, 0.717) is 13.2 Å². The van der Waals surface area contributed by atoms with Crippen molar-refractivity contribution in [2.45, 2.75) is 13.0 Å². The monoisotopic (exact) mass is 289 g/mol. The van der Waals surface area contributed by atoms with Gasteiger partial charge in [0.15, 0.2) is 11.6 Å². The van der Waals surface area contributed by atoms with Gasteiger partial charge in [-0.3, -0.25) is 0 Å². The van der Waals surface area contributed by atoms with Crippen molar-refractivity contribution in [2.24, 2.45) is 0 Å². The van der Waals surface area contributed by atoms with Gasteiger partial charge in [-0.05, 0) is 36.8 Å². The Kier molecular flexibility index (Phi) is 5.58. The molecule has 3 nitrogen and oxygen atoms in total. The first-order valence-corrected chi connectivity index (χ1v) is 6.95. The van der Waals surface area contributed by atoms with Crippen LogP contribution in [0.25, 0.3) is 0 Å². The Labute approximate surface area is 124 Å². The molecule has 112 valence electrons. The average Bonchev–Trinajstić information content (AvgIpc) is 2.52. The lowest BCUT2D eigenvalue weighted by Crippen LogP contribution is -2.24. The van der Waals surface area contributed by atoms with Gasteiger partial charge in [0.2, 0.25) is 0 Å². The van der Waals surface area contributed by atoms with Crippen LogP contribution in [-0.4, -0.2) is 20.3 Å². The minimum Gasteiger partial charge on any atom is -0.494 e. The number of para-hydroxylation sites is 1. The lowest BCUT2D eigenvalue weighted by Gasteiger charge is -2.15. The minimum atomic E-state index is -0.343. The van der Waals surface area contributed by atoms with E-state index in [1.165, 1.54) is 13.2 Å². The van der Waals surface area contributed by atoms with E-state index in [1.807, 2.05) is 43.3 Å². The van der Waals surface area contributed by atoms with E-state index in [2.05, 4.69) is 5.32 Å². The van der Waals surface area contributed by atoms with E-state index in [1.54, 1.807) is 6.07 Å². The van der Waals surface area contributed by atoms with Gasteiger partial charge in [0.1, 0.15) is 12.4 Å². The maximum atomic E-state index is 13.6. The zero-order valence-electron chi connectivity index (χ0n) is 12.3. The van der Waals surface area contributed by atoms with E-state index in [-0.39, 0.29) is 17.6 Å². The normalized spacial score (nSPS) is 12.0. The molecule has 0 heterocycles. The average molecular weight is 289 g/mol. The summed E-state index contributed by atoms with van der Waals surface area (Å²) in [5.74, 6) is 0.769. The van der Waals surface area contributed by atoms with Gasteiger partial charge >= 0.3 is 0 Å². The first kappa shape index (κ1) is 15.3. The van der Waals surface area contributed by atoms with Crippen LogP contribution in [0, 0.1) is 5.82 Å². The molecule has 0 aliphatic heterocycles. The standard InChI is InChI=1S/C17H20FNO2/c1-13(14-8-9-17(20-2)16(18)12-14)19-10-11-21-15-6-4-3-5-7-15/h3-9,12-13,19H,10-11H2,1-2H3. The number of methoxy groups -OCH3 is 1. The van der Waals surface area contributed by atoms with Crippen LogP contribution in [0.4, 0.5) is 4.39 Å². The number of halogens is 1. The Hall–Kier alpha value is -2.07. The molecule has 21 heavy (non-hydrogen) atoms. The summed E-state index contributed by atoms with van der Waals surface area (Å²) < 4.78 is 24.2. The van der Waals surface area contributed by atoms with Gasteiger partial charge in [0.25, 0.3) is 0 Å². The molecule has 0 spiro atoms. The second-order valence-corrected chi connectivity index (χ2v) is 4.73. The molecule has 2 aromatic carbocycles. The summed E-state index contributed by atoms with van der Waals surface area (Å²) in [6.45, 7) is 3.24. The molecule has 1 unspecified atom stereocenters. The van der Waals surface area contributed by atoms with Crippen LogP contribution >= 0.6 is 0 Å². The van der Waals surface area contributed by atoms with Gasteiger partial charge in [-0.2, -0.15) is 0 Å². The first-order valence-electron chi connectivity index (χ1n) is 6.95. The van der Waals surface area contributed by atoms with E-state index in [4.69, 9.17) is 9.47 Å². The molecule has 0 bridgehead atoms. The second kappa shape index (κ2) is 7.64. The zero-order chi connectivity index (χ0) is 15.1. The minimum absolute atomic E-state index is 0.0461. The highest BCUT2D eigenvalue weighted by atomic mass is 19.1. The zero-order valence-corrected chi connectivity index (χ0v) is 12.3. The van der Waals surface area contributed by atoms with Crippen molar-refractivity contribution in [3.8, 4) is 11.5 Å². The Morgan fingerprint density at radius 1 is 1.14 bits per heavy atom. The molecule has 4 heteroatoms. The van der Waals surface area contributed by atoms with Crippen LogP contribution < -0.4 is 14.8 Å². The largest absolute Gasteiger partial charge is 0.494 e. The number of ether oxygens (including phenoxy) is 2. The van der Waals surface area contributed by atoms with Crippen LogP contribution in [-0.2, 0) is 0 Å². The summed E-state index contributed by atoms with van der Waals surface area (Å²) >= 11 is 0. The topological polar surface area (TPSA) is 30.5 Å². The Morgan fingerprint density at radius 3 is 2.57 bits per heavy atom. The van der Waals surface area contributed by atoms with Crippen LogP contribution in [0.15, 0.2) is 48.5 Å². The highest BCUT2D eigenvalue weighted by Crippen LogP contribution is 2.21. The number of hydrogen-bond donors (Lipinski definition) is 1. The van der Waals surface area contributed by atoms with Gasteiger partial charge in [-0.15, -0.1) is 0 Å². The lowest BCUT2D eigenvalue weighted by atomic mass is 10.1. The summed E-state index contributed by atoms with van der Waals surface area (Å²) in [7, 11) is 1.46. The third kappa shape index (κ3) is 4.46. The summed E-state index contributed by atoms with van der Waals surface area (Å²) in [5, 5.41) is 3.30. The molecule has 0 aliphatic rings. The molecule has 0 saturated heterocycles. The van der Waals surface area contributed by atoms with Gasteiger partial charge in [-0.1, -0.05) is 24.3 Å². The number of rotatable bonds is 7. The molecule has 0 fully saturated rings. The molecule has 2 aromatic rings. The molecule has 0 saturated carbocycles. The van der Waals surface area contributed by atoms with Gasteiger partial charge in [0, 0.05) is 12.6 Å². The fourth-order valence-corrected chi connectivity index (χ4v) is 2.03. The SMILES string of the molecule is COc1ccc(C(C)NCCOc2ccccc2)cc1F. The summed E-state index contributed by atoms with van der Waals surface area (Å²) in [4.78, 5) is 0. The lowest BCUT2D eigenvalue weighted by molar-refractivity contribution is 0.307. The van der Waals surface area contributed by atoms with Crippen LogP contribution in [0.1, 0.15) is 18.5 Å². The number of hydrogen-bond acceptors (Lipinski definition) is 3. The van der Waals surface area contributed by atoms with Gasteiger partial charge < -0.3 is 14.8 Å². The van der Waals surface area contributed by atoms with E-state index >= 15 is 0 Å². The molecule has 0 aliphatic carbocycles. The molecule has 1 N–H and O–H groups in total. The van der Waals surface area contributed by atoms with Gasteiger partial charge in [0.05, 0.1) is 7.11 Å². The van der Waals surface area contributed by atoms with Crippen molar-refractivity contribution in [1.82, 2.24) is 5.32 Å². The summed E-state index contributed by atoms with van der Waals surface area (Å²) in [6, 6.07) is 14.7. The molecular weight excluding hydrogens is 269 g/mol. The van der Waals surface area contributed by atoms with Crippen LogP contribution in [0.2, 0.25) is 0 Å². The van der Waals surface area contributed by atoms with Crippen molar-refractivity contribution in [3.05, 3.63) is 59.9 Å². The van der Waals surface area contributed by atoms with Crippen molar-refractivity contribution < 1.29 is 13.9 Å². The van der Waals surface area contributed by atoms with E-state index < -0.39 is 0 Å². The van der Waals surface area contributed by atoms with Crippen LogP contribution in [0.5, 0.6) is 11.5 Å². The maximum Gasteiger partial charge on any atom is 0.165 e. The summed E-state index contributed by atoms with van der Waals surface area (Å²) in [5.41, 5.74) is 0.882. The highest BCUT2D eigenvalue weighted by Gasteiger charge is 2.09. The molecule has 1 atom stereocenters. The smallest absolute Gasteiger partial charge is 0.165 e. The third-order valence-corrected chi connectivity index (χ3v) is 3.24. The maximum absolute atomic E-state index is 13.6. The molecular formula is C17H20FNO2. The summed E-state index contributed by atoms with van der Waals surface area (Å²) in [6.07, 6.45) is 0. The Balaban J connectivity index is 1.79. The van der Waals surface area contributed by atoms with Gasteiger partial charge in [-0.25, -0.2) is 4.39 Å². The predicted molar refractivity (Wildman–Crippen MR) is 81.3 cm³/mol. The molecule has 0 radical (unpaired) electrons. The number of nitrogens with one attached hydrogen (secondary N) is 1. The predicted octanol–water partition coefficient (Wildman–Crippen LogP) is 3.56. The molecule has 0 aromatic heterocycles. The van der Waals surface area contributed by atoms with E-state index in [0.717, 1.165) is 11.3 Å². The van der Waals surface area contributed by atoms with Crippen molar-refractivity contribution in [3.63, 3.8) is 0 Å². The second-order valence-electron chi connectivity index (χ2n) is 4.73. The quantitative estimate of drug-likeness (QED) is 0.791. The fraction of sp³-hybridized carbons (Fsp3) is 0.294. The Morgan fingerprint density at radius 2 is 1.90 bits per heavy atom. The fourth-order valence-electron chi connectivity index (χ4n) is 2.03. The molecule has 2 rings (SSSR count). The van der Waals surface area contributed by atoms with Crippen molar-refractivity contribution in [1.29, 1.82) is 0 Å². The number of benzene rings is 2. The first-order chi connectivity index (χ1) is 10.2. The van der Waals surface area contributed by atoms with Crippen molar-refractivity contribution >= 4 is 0 Å². The van der Waals surface area contributed by atoms with E-state index in [9.17, 15) is 4.39 Å². The highest BCUT2D eigenvalue weighted by molar-refractivity contribution is 5.30. The molecule has 0 amide bonds. The van der Waals surface area contributed by atoms with Crippen molar-refractivity contribution in [2.75, 3.05) is 20.3 Å².